The molecule has 1 heterocycles. The Morgan fingerprint density at radius 2 is 1.86 bits per heavy atom. The van der Waals surface area contributed by atoms with Gasteiger partial charge in [-0.2, -0.15) is 0 Å². The van der Waals surface area contributed by atoms with Crippen molar-refractivity contribution in [2.45, 2.75) is 18.4 Å². The van der Waals surface area contributed by atoms with E-state index in [1.807, 2.05) is 12.1 Å². The molecule has 0 saturated carbocycles. The third-order valence-electron chi connectivity index (χ3n) is 3.37. The van der Waals surface area contributed by atoms with Gasteiger partial charge in [-0.1, -0.05) is 15.9 Å². The molecule has 1 aromatic rings. The van der Waals surface area contributed by atoms with Gasteiger partial charge in [-0.3, -0.25) is 9.59 Å². The summed E-state index contributed by atoms with van der Waals surface area (Å²) >= 11 is 3.32. The number of hydrogen-bond donors (Lipinski definition) is 3. The molecular formula is C14H18BrN3O3. The maximum atomic E-state index is 12.0. The summed E-state index contributed by atoms with van der Waals surface area (Å²) < 4.78 is 6.12. The molecule has 114 valence electrons. The van der Waals surface area contributed by atoms with Crippen molar-refractivity contribution in [2.75, 3.05) is 25.1 Å². The fraction of sp³-hybridized carbons (Fsp3) is 0.429. The summed E-state index contributed by atoms with van der Waals surface area (Å²) in [7, 11) is 0. The summed E-state index contributed by atoms with van der Waals surface area (Å²) in [6, 6.07) is 7.19. The third-order valence-corrected chi connectivity index (χ3v) is 3.90. The molecular weight excluding hydrogens is 338 g/mol. The average molecular weight is 356 g/mol. The number of carbonyl (C=O) groups is 2. The predicted molar refractivity (Wildman–Crippen MR) is 82.8 cm³/mol. The van der Waals surface area contributed by atoms with Gasteiger partial charge in [-0.05, 0) is 37.1 Å². The number of carbonyl (C=O) groups excluding carboxylic acids is 2. The second kappa shape index (κ2) is 7.02. The van der Waals surface area contributed by atoms with E-state index in [-0.39, 0.29) is 18.4 Å². The summed E-state index contributed by atoms with van der Waals surface area (Å²) in [5.74, 6) is -0.599. The summed E-state index contributed by atoms with van der Waals surface area (Å²) in [5.41, 5.74) is 5.77. The standard InChI is InChI=1S/C14H18BrN3O3/c15-10-1-3-11(4-2-10)18-12(19)9-17-13(20)14(16)5-7-21-8-6-14/h1-4H,5-9,16H2,(H,17,20)(H,18,19). The van der Waals surface area contributed by atoms with Gasteiger partial charge in [0.1, 0.15) is 0 Å². The van der Waals surface area contributed by atoms with E-state index in [4.69, 9.17) is 10.5 Å². The Balaban J connectivity index is 1.80. The lowest BCUT2D eigenvalue weighted by Gasteiger charge is -2.31. The zero-order chi connectivity index (χ0) is 15.3. The molecule has 2 amide bonds. The van der Waals surface area contributed by atoms with E-state index in [0.717, 1.165) is 4.47 Å². The van der Waals surface area contributed by atoms with Crippen molar-refractivity contribution < 1.29 is 14.3 Å². The van der Waals surface area contributed by atoms with Crippen molar-refractivity contribution in [1.29, 1.82) is 0 Å². The van der Waals surface area contributed by atoms with E-state index < -0.39 is 5.54 Å². The molecule has 0 radical (unpaired) electrons. The highest BCUT2D eigenvalue weighted by Crippen LogP contribution is 2.17. The SMILES string of the molecule is NC1(C(=O)NCC(=O)Nc2ccc(Br)cc2)CCOCC1. The van der Waals surface area contributed by atoms with Crippen LogP contribution in [0.25, 0.3) is 0 Å². The number of nitrogens with one attached hydrogen (secondary N) is 2. The first kappa shape index (κ1) is 15.9. The monoisotopic (exact) mass is 355 g/mol. The van der Waals surface area contributed by atoms with Gasteiger partial charge in [0.05, 0.1) is 12.1 Å². The minimum atomic E-state index is -0.934. The van der Waals surface area contributed by atoms with Crippen molar-refractivity contribution >= 4 is 33.4 Å². The van der Waals surface area contributed by atoms with Gasteiger partial charge in [0.15, 0.2) is 0 Å². The summed E-state index contributed by atoms with van der Waals surface area (Å²) in [4.78, 5) is 23.8. The normalized spacial score (nSPS) is 17.0. The van der Waals surface area contributed by atoms with Crippen LogP contribution in [0.3, 0.4) is 0 Å². The van der Waals surface area contributed by atoms with E-state index in [9.17, 15) is 9.59 Å². The summed E-state index contributed by atoms with van der Waals surface area (Å²) in [5, 5.41) is 5.28. The first-order valence-corrected chi connectivity index (χ1v) is 7.49. The van der Waals surface area contributed by atoms with Crippen molar-refractivity contribution in [3.63, 3.8) is 0 Å². The lowest BCUT2D eigenvalue weighted by molar-refractivity contribution is -0.131. The Bertz CT molecular complexity index is 513. The number of anilines is 1. The number of amides is 2. The van der Waals surface area contributed by atoms with Gasteiger partial charge in [-0.25, -0.2) is 0 Å². The van der Waals surface area contributed by atoms with Gasteiger partial charge in [0.25, 0.3) is 0 Å². The van der Waals surface area contributed by atoms with Crippen LogP contribution < -0.4 is 16.4 Å². The van der Waals surface area contributed by atoms with E-state index >= 15 is 0 Å². The molecule has 0 unspecified atom stereocenters. The van der Waals surface area contributed by atoms with Crippen LogP contribution in [-0.2, 0) is 14.3 Å². The fourth-order valence-electron chi connectivity index (χ4n) is 2.04. The van der Waals surface area contributed by atoms with Gasteiger partial charge in [0.2, 0.25) is 11.8 Å². The molecule has 1 saturated heterocycles. The fourth-order valence-corrected chi connectivity index (χ4v) is 2.30. The first-order valence-electron chi connectivity index (χ1n) is 6.70. The van der Waals surface area contributed by atoms with Gasteiger partial charge in [-0.15, -0.1) is 0 Å². The Kier molecular flexibility index (Phi) is 5.33. The van der Waals surface area contributed by atoms with Crippen LogP contribution in [-0.4, -0.2) is 37.1 Å². The van der Waals surface area contributed by atoms with Crippen molar-refractivity contribution in [3.05, 3.63) is 28.7 Å². The second-order valence-electron chi connectivity index (χ2n) is 5.01. The minimum Gasteiger partial charge on any atom is -0.381 e. The topological polar surface area (TPSA) is 93.5 Å². The minimum absolute atomic E-state index is 0.102. The van der Waals surface area contributed by atoms with Crippen LogP contribution >= 0.6 is 15.9 Å². The number of hydrogen-bond acceptors (Lipinski definition) is 4. The van der Waals surface area contributed by atoms with Crippen molar-refractivity contribution in [3.8, 4) is 0 Å². The van der Waals surface area contributed by atoms with Crippen LogP contribution in [0.5, 0.6) is 0 Å². The lowest BCUT2D eigenvalue weighted by Crippen LogP contribution is -2.57. The quantitative estimate of drug-likeness (QED) is 0.751. The maximum absolute atomic E-state index is 12.0. The molecule has 4 N–H and O–H groups in total. The number of nitrogens with two attached hydrogens (primary N) is 1. The van der Waals surface area contributed by atoms with Crippen LogP contribution in [0.15, 0.2) is 28.7 Å². The van der Waals surface area contributed by atoms with Gasteiger partial charge in [0, 0.05) is 23.4 Å². The molecule has 0 atom stereocenters. The van der Waals surface area contributed by atoms with E-state index in [1.54, 1.807) is 12.1 Å². The smallest absolute Gasteiger partial charge is 0.243 e. The molecule has 1 aromatic carbocycles. The number of benzene rings is 1. The molecule has 0 aromatic heterocycles. The van der Waals surface area contributed by atoms with Crippen molar-refractivity contribution in [2.24, 2.45) is 5.73 Å². The molecule has 21 heavy (non-hydrogen) atoms. The molecule has 0 aliphatic carbocycles. The lowest BCUT2D eigenvalue weighted by atomic mass is 9.90. The zero-order valence-electron chi connectivity index (χ0n) is 11.5. The van der Waals surface area contributed by atoms with Crippen LogP contribution in [0.4, 0.5) is 5.69 Å². The van der Waals surface area contributed by atoms with Gasteiger partial charge < -0.3 is 21.1 Å². The van der Waals surface area contributed by atoms with Crippen LogP contribution in [0.1, 0.15) is 12.8 Å². The molecule has 6 nitrogen and oxygen atoms in total. The molecule has 0 bridgehead atoms. The number of rotatable bonds is 4. The molecule has 7 heteroatoms. The van der Waals surface area contributed by atoms with E-state index in [2.05, 4.69) is 26.6 Å². The molecule has 1 aliphatic rings. The highest BCUT2D eigenvalue weighted by molar-refractivity contribution is 9.10. The van der Waals surface area contributed by atoms with Crippen molar-refractivity contribution in [1.82, 2.24) is 5.32 Å². The predicted octanol–water partition coefficient (Wildman–Crippen LogP) is 1.01. The highest BCUT2D eigenvalue weighted by Gasteiger charge is 2.35. The molecule has 0 spiro atoms. The third kappa shape index (κ3) is 4.52. The van der Waals surface area contributed by atoms with Crippen LogP contribution in [0.2, 0.25) is 0 Å². The summed E-state index contributed by atoms with van der Waals surface area (Å²) in [6.07, 6.45) is 0.931. The Morgan fingerprint density at radius 3 is 2.48 bits per heavy atom. The second-order valence-corrected chi connectivity index (χ2v) is 5.92. The Labute approximate surface area is 131 Å². The first-order chi connectivity index (χ1) is 9.99. The van der Waals surface area contributed by atoms with Crippen LogP contribution in [0, 0.1) is 0 Å². The largest absolute Gasteiger partial charge is 0.381 e. The average Bonchev–Trinajstić information content (AvgIpc) is 2.48. The highest BCUT2D eigenvalue weighted by atomic mass is 79.9. The molecule has 1 fully saturated rings. The Morgan fingerprint density at radius 1 is 1.24 bits per heavy atom. The van der Waals surface area contributed by atoms with E-state index in [0.29, 0.717) is 31.7 Å². The molecule has 2 rings (SSSR count). The van der Waals surface area contributed by atoms with E-state index in [1.165, 1.54) is 0 Å². The maximum Gasteiger partial charge on any atom is 0.243 e. The number of halogens is 1. The zero-order valence-corrected chi connectivity index (χ0v) is 13.1. The Hall–Kier alpha value is -1.44. The van der Waals surface area contributed by atoms with Gasteiger partial charge >= 0.3 is 0 Å². The summed E-state index contributed by atoms with van der Waals surface area (Å²) in [6.45, 7) is 0.832. The molecule has 1 aliphatic heterocycles. The number of ether oxygens (including phenoxy) is 1.